The lowest BCUT2D eigenvalue weighted by atomic mass is 10.0. The fourth-order valence-electron chi connectivity index (χ4n) is 3.92. The molecule has 3 aromatic heterocycles. The lowest BCUT2D eigenvalue weighted by Crippen LogP contribution is -2.32. The van der Waals surface area contributed by atoms with Crippen molar-refractivity contribution in [2.45, 2.75) is 34.6 Å². The summed E-state index contributed by atoms with van der Waals surface area (Å²) in [6.07, 6.45) is 0. The molecule has 2 nitrogen and oxygen atoms in total. The Morgan fingerprint density at radius 1 is 0.778 bits per heavy atom. The minimum atomic E-state index is 1.21. The minimum absolute atomic E-state index is 1.21. The average molecular weight is 394 g/mol. The summed E-state index contributed by atoms with van der Waals surface area (Å²) in [6, 6.07) is 15.4. The number of nitrogens with zero attached hydrogens (tertiary/aromatic N) is 2. The summed E-state index contributed by atoms with van der Waals surface area (Å²) >= 11 is 3.75. The van der Waals surface area contributed by atoms with Gasteiger partial charge in [-0.05, 0) is 52.0 Å². The molecule has 0 radical (unpaired) electrons. The van der Waals surface area contributed by atoms with Gasteiger partial charge in [-0.15, -0.1) is 22.7 Å². The van der Waals surface area contributed by atoms with E-state index < -0.39 is 0 Å². The minimum Gasteiger partial charge on any atom is -0.229 e. The van der Waals surface area contributed by atoms with Crippen LogP contribution in [0.1, 0.15) is 25.3 Å². The highest BCUT2D eigenvalue weighted by molar-refractivity contribution is 7.12. The van der Waals surface area contributed by atoms with Gasteiger partial charge in [-0.2, -0.15) is 4.57 Å². The smallest absolute Gasteiger partial charge is 0.229 e. The van der Waals surface area contributed by atoms with Gasteiger partial charge in [0.15, 0.2) is 11.4 Å². The van der Waals surface area contributed by atoms with Crippen LogP contribution in [0.2, 0.25) is 0 Å². The predicted molar refractivity (Wildman–Crippen MR) is 117 cm³/mol. The zero-order valence-electron chi connectivity index (χ0n) is 16.8. The van der Waals surface area contributed by atoms with Gasteiger partial charge < -0.3 is 0 Å². The highest BCUT2D eigenvalue weighted by atomic mass is 32.1. The first-order valence-electron chi connectivity index (χ1n) is 9.20. The molecule has 0 unspecified atom stereocenters. The van der Waals surface area contributed by atoms with Crippen LogP contribution in [-0.4, -0.2) is 4.57 Å². The quantitative estimate of drug-likeness (QED) is 0.361. The fourth-order valence-corrected chi connectivity index (χ4v) is 5.77. The van der Waals surface area contributed by atoms with Gasteiger partial charge in [0, 0.05) is 37.6 Å². The van der Waals surface area contributed by atoms with Gasteiger partial charge in [0.1, 0.15) is 5.69 Å². The van der Waals surface area contributed by atoms with Crippen molar-refractivity contribution in [3.63, 3.8) is 0 Å². The molecule has 27 heavy (non-hydrogen) atoms. The molecule has 0 spiro atoms. The lowest BCUT2D eigenvalue weighted by Gasteiger charge is -2.05. The van der Waals surface area contributed by atoms with Crippen LogP contribution >= 0.6 is 22.7 Å². The Balaban J connectivity index is 2.14. The summed E-state index contributed by atoms with van der Waals surface area (Å²) in [7, 11) is 2.19. The van der Waals surface area contributed by atoms with Crippen molar-refractivity contribution in [1.29, 1.82) is 0 Å². The van der Waals surface area contributed by atoms with Crippen LogP contribution in [0.3, 0.4) is 0 Å². The third kappa shape index (κ3) is 2.97. The molecule has 0 saturated carbocycles. The van der Waals surface area contributed by atoms with Crippen molar-refractivity contribution in [3.8, 4) is 28.2 Å². The Bertz CT molecular complexity index is 1130. The van der Waals surface area contributed by atoms with E-state index in [4.69, 9.17) is 0 Å². The maximum Gasteiger partial charge on any atom is 0.259 e. The third-order valence-corrected chi connectivity index (χ3v) is 7.13. The SMILES string of the molecule is Cc1cc(-c2c(-c3cc(C)sc3C)[n+](C)c(C)n2-c2ccccc2)c(C)s1. The molecular formula is C23H25N2S2+. The van der Waals surface area contributed by atoms with E-state index in [1.54, 1.807) is 0 Å². The second-order valence-electron chi connectivity index (χ2n) is 7.13. The van der Waals surface area contributed by atoms with Crippen LogP contribution in [-0.2, 0) is 7.05 Å². The summed E-state index contributed by atoms with van der Waals surface area (Å²) < 4.78 is 4.76. The number of aryl methyl sites for hydroxylation is 4. The number of para-hydroxylation sites is 1. The van der Waals surface area contributed by atoms with E-state index in [0.717, 1.165) is 0 Å². The topological polar surface area (TPSA) is 8.81 Å². The Kier molecular flexibility index (Phi) is 4.57. The summed E-state index contributed by atoms with van der Waals surface area (Å²) in [4.78, 5) is 5.46. The number of thiophene rings is 2. The summed E-state index contributed by atoms with van der Waals surface area (Å²) in [6.45, 7) is 11.1. The molecule has 1 aromatic carbocycles. The van der Waals surface area contributed by atoms with Crippen molar-refractivity contribution in [2.75, 3.05) is 0 Å². The van der Waals surface area contributed by atoms with Crippen molar-refractivity contribution in [3.05, 3.63) is 67.8 Å². The van der Waals surface area contributed by atoms with Crippen molar-refractivity contribution in [2.24, 2.45) is 7.05 Å². The van der Waals surface area contributed by atoms with Crippen molar-refractivity contribution < 1.29 is 4.57 Å². The number of imidazole rings is 1. The molecule has 0 N–H and O–H groups in total. The van der Waals surface area contributed by atoms with E-state index >= 15 is 0 Å². The van der Waals surface area contributed by atoms with Crippen LogP contribution in [0.25, 0.3) is 28.2 Å². The van der Waals surface area contributed by atoms with E-state index in [-0.39, 0.29) is 0 Å². The molecule has 138 valence electrons. The van der Waals surface area contributed by atoms with Gasteiger partial charge in [0.05, 0.1) is 7.05 Å². The molecule has 0 aliphatic heterocycles. The van der Waals surface area contributed by atoms with Gasteiger partial charge in [-0.1, -0.05) is 18.2 Å². The summed E-state index contributed by atoms with van der Waals surface area (Å²) in [5.41, 5.74) is 6.49. The molecule has 4 rings (SSSR count). The van der Waals surface area contributed by atoms with Gasteiger partial charge in [-0.3, -0.25) is 0 Å². The molecule has 0 aliphatic carbocycles. The number of aromatic nitrogens is 2. The average Bonchev–Trinajstić information content (AvgIpc) is 3.22. The number of benzene rings is 1. The third-order valence-electron chi connectivity index (χ3n) is 5.20. The largest absolute Gasteiger partial charge is 0.259 e. The van der Waals surface area contributed by atoms with Crippen LogP contribution in [0.5, 0.6) is 0 Å². The Labute approximate surface area is 169 Å². The maximum atomic E-state index is 2.41. The molecule has 0 bridgehead atoms. The molecule has 4 aromatic rings. The summed E-state index contributed by atoms with van der Waals surface area (Å²) in [5.74, 6) is 1.23. The first-order chi connectivity index (χ1) is 12.9. The number of hydrogen-bond donors (Lipinski definition) is 0. The van der Waals surface area contributed by atoms with Crippen molar-refractivity contribution >= 4 is 22.7 Å². The lowest BCUT2D eigenvalue weighted by molar-refractivity contribution is -0.666. The highest BCUT2D eigenvalue weighted by Gasteiger charge is 2.32. The fraction of sp³-hybridized carbons (Fsp3) is 0.261. The first-order valence-corrected chi connectivity index (χ1v) is 10.8. The van der Waals surface area contributed by atoms with Gasteiger partial charge in [0.25, 0.3) is 5.82 Å². The van der Waals surface area contributed by atoms with Gasteiger partial charge >= 0.3 is 0 Å². The number of hydrogen-bond acceptors (Lipinski definition) is 2. The normalized spacial score (nSPS) is 11.3. The van der Waals surface area contributed by atoms with E-state index in [0.29, 0.717) is 0 Å². The van der Waals surface area contributed by atoms with E-state index in [2.05, 4.69) is 93.3 Å². The van der Waals surface area contributed by atoms with E-state index in [1.165, 1.54) is 53.5 Å². The molecule has 3 heterocycles. The zero-order chi connectivity index (χ0) is 19.3. The van der Waals surface area contributed by atoms with Crippen LogP contribution in [0.15, 0.2) is 42.5 Å². The number of rotatable bonds is 3. The predicted octanol–water partition coefficient (Wildman–Crippen LogP) is 6.30. The van der Waals surface area contributed by atoms with Crippen molar-refractivity contribution in [1.82, 2.24) is 4.57 Å². The van der Waals surface area contributed by atoms with E-state index in [9.17, 15) is 0 Å². The highest BCUT2D eigenvalue weighted by Crippen LogP contribution is 2.41. The monoisotopic (exact) mass is 393 g/mol. The van der Waals surface area contributed by atoms with Crippen LogP contribution in [0, 0.1) is 34.6 Å². The molecule has 0 amide bonds. The maximum absolute atomic E-state index is 2.41. The second kappa shape index (κ2) is 6.77. The second-order valence-corrected chi connectivity index (χ2v) is 10.0. The van der Waals surface area contributed by atoms with Gasteiger partial charge in [0.2, 0.25) is 0 Å². The Morgan fingerprint density at radius 3 is 1.85 bits per heavy atom. The van der Waals surface area contributed by atoms with E-state index in [1.807, 2.05) is 22.7 Å². The van der Waals surface area contributed by atoms with Crippen LogP contribution in [0.4, 0.5) is 0 Å². The zero-order valence-corrected chi connectivity index (χ0v) is 18.4. The molecule has 4 heteroatoms. The Morgan fingerprint density at radius 2 is 1.33 bits per heavy atom. The molecule has 0 atom stereocenters. The van der Waals surface area contributed by atoms with Gasteiger partial charge in [-0.25, -0.2) is 4.57 Å². The molecule has 0 fully saturated rings. The van der Waals surface area contributed by atoms with Crippen LogP contribution < -0.4 is 4.57 Å². The molecular weight excluding hydrogens is 368 g/mol. The first kappa shape index (κ1) is 18.2. The molecule has 0 saturated heterocycles. The standard InChI is InChI=1S/C23H25N2S2/c1-14-12-20(16(3)26-14)22-23(21-13-15(2)27-17(21)4)25(18(5)24(22)6)19-10-8-7-9-11-19/h7-13H,1-6H3/q+1. The summed E-state index contributed by atoms with van der Waals surface area (Å²) in [5, 5.41) is 0. The Hall–Kier alpha value is -2.17. The molecule has 0 aliphatic rings.